The fraction of sp³-hybridized carbons (Fsp3) is 0.0909. The first kappa shape index (κ1) is 22.5. The van der Waals surface area contributed by atoms with Gasteiger partial charge in [0.25, 0.3) is 11.1 Å². The van der Waals surface area contributed by atoms with Crippen molar-refractivity contribution in [2.24, 2.45) is 0 Å². The number of nitrogens with zero attached hydrogens (tertiary/aromatic N) is 1. The zero-order chi connectivity index (χ0) is 23.0. The summed E-state index contributed by atoms with van der Waals surface area (Å²) in [5.74, 6) is -0.0990. The Bertz CT molecular complexity index is 1240. The first-order valence-corrected chi connectivity index (χ1v) is 10.7. The van der Waals surface area contributed by atoms with Crippen LogP contribution in [0, 0.1) is 0 Å². The predicted molar refractivity (Wildman–Crippen MR) is 117 cm³/mol. The Balaban J connectivity index is 1.55. The maximum atomic E-state index is 13.1. The number of imide groups is 1. The van der Waals surface area contributed by atoms with Gasteiger partial charge in [0.05, 0.1) is 22.0 Å². The summed E-state index contributed by atoms with van der Waals surface area (Å²) in [6.07, 6.45) is -3.22. The van der Waals surface area contributed by atoms with Crippen LogP contribution in [0.25, 0.3) is 17.4 Å². The van der Waals surface area contributed by atoms with Gasteiger partial charge in [0.1, 0.15) is 11.5 Å². The van der Waals surface area contributed by atoms with Crippen molar-refractivity contribution in [3.05, 3.63) is 86.4 Å². The van der Waals surface area contributed by atoms with E-state index in [2.05, 4.69) is 0 Å². The molecule has 2 amide bonds. The van der Waals surface area contributed by atoms with Gasteiger partial charge >= 0.3 is 6.18 Å². The van der Waals surface area contributed by atoms with E-state index in [1.807, 2.05) is 0 Å². The Labute approximate surface area is 194 Å². The second-order valence-corrected chi connectivity index (χ2v) is 8.63. The molecule has 0 bridgehead atoms. The number of thioether (sulfide) groups is 1. The van der Waals surface area contributed by atoms with Crippen LogP contribution in [0.1, 0.15) is 16.9 Å². The summed E-state index contributed by atoms with van der Waals surface area (Å²) in [5.41, 5.74) is -0.0587. The van der Waals surface area contributed by atoms with Gasteiger partial charge in [-0.1, -0.05) is 35.3 Å². The van der Waals surface area contributed by atoms with Gasteiger partial charge in [0.15, 0.2) is 0 Å². The van der Waals surface area contributed by atoms with Gasteiger partial charge in [-0.2, -0.15) is 13.2 Å². The Morgan fingerprint density at radius 3 is 2.41 bits per heavy atom. The normalized spacial score (nSPS) is 15.8. The number of carbonyl (C=O) groups is 2. The fourth-order valence-electron chi connectivity index (χ4n) is 3.02. The third-order valence-corrected chi connectivity index (χ3v) is 6.07. The number of hydrogen-bond donors (Lipinski definition) is 0. The second kappa shape index (κ2) is 8.69. The highest BCUT2D eigenvalue weighted by atomic mass is 35.5. The minimum Gasteiger partial charge on any atom is -0.457 e. The third-order valence-electron chi connectivity index (χ3n) is 4.58. The van der Waals surface area contributed by atoms with Crippen LogP contribution in [-0.4, -0.2) is 16.0 Å². The van der Waals surface area contributed by atoms with Crippen molar-refractivity contribution in [3.8, 4) is 11.3 Å². The molecule has 3 aromatic rings. The smallest absolute Gasteiger partial charge is 0.417 e. The Hall–Kier alpha value is -2.68. The molecule has 1 fully saturated rings. The van der Waals surface area contributed by atoms with Crippen LogP contribution >= 0.6 is 35.0 Å². The average molecular weight is 498 g/mol. The SMILES string of the molecule is O=C1SC(=Cc2ccc(-c3ccc(Cl)c(C(F)(F)F)c3)o2)C(=O)N1Cc1ccc(Cl)cc1. The van der Waals surface area contributed by atoms with Gasteiger partial charge in [-0.05, 0) is 59.8 Å². The summed E-state index contributed by atoms with van der Waals surface area (Å²) in [4.78, 5) is 26.2. The molecule has 1 aliphatic heterocycles. The lowest BCUT2D eigenvalue weighted by Crippen LogP contribution is -2.27. The first-order valence-electron chi connectivity index (χ1n) is 9.08. The van der Waals surface area contributed by atoms with Crippen molar-refractivity contribution in [1.82, 2.24) is 4.90 Å². The highest BCUT2D eigenvalue weighted by Gasteiger charge is 2.35. The molecule has 1 saturated heterocycles. The molecule has 0 N–H and O–H groups in total. The van der Waals surface area contributed by atoms with E-state index in [0.717, 1.165) is 34.4 Å². The monoisotopic (exact) mass is 497 g/mol. The third kappa shape index (κ3) is 4.72. The van der Waals surface area contributed by atoms with E-state index in [9.17, 15) is 22.8 Å². The summed E-state index contributed by atoms with van der Waals surface area (Å²) in [6.45, 7) is 0.0908. The lowest BCUT2D eigenvalue weighted by atomic mass is 10.1. The zero-order valence-corrected chi connectivity index (χ0v) is 18.3. The molecule has 4 rings (SSSR count). The van der Waals surface area contributed by atoms with Crippen molar-refractivity contribution < 1.29 is 27.2 Å². The number of carbonyl (C=O) groups excluding carboxylic acids is 2. The molecule has 0 aliphatic carbocycles. The molecule has 164 valence electrons. The molecule has 0 spiro atoms. The molecule has 1 aliphatic rings. The van der Waals surface area contributed by atoms with Gasteiger partial charge < -0.3 is 4.42 Å². The molecule has 10 heteroatoms. The highest BCUT2D eigenvalue weighted by Crippen LogP contribution is 2.38. The van der Waals surface area contributed by atoms with Crippen LogP contribution in [0.2, 0.25) is 10.0 Å². The van der Waals surface area contributed by atoms with E-state index in [1.165, 1.54) is 24.3 Å². The van der Waals surface area contributed by atoms with Crippen LogP contribution in [-0.2, 0) is 17.5 Å². The molecular formula is C22H12Cl2F3NO3S. The molecular weight excluding hydrogens is 486 g/mol. The quantitative estimate of drug-likeness (QED) is 0.350. The van der Waals surface area contributed by atoms with E-state index in [-0.39, 0.29) is 28.5 Å². The molecule has 0 radical (unpaired) electrons. The average Bonchev–Trinajstić information content (AvgIpc) is 3.29. The molecule has 2 heterocycles. The van der Waals surface area contributed by atoms with E-state index < -0.39 is 27.9 Å². The van der Waals surface area contributed by atoms with Gasteiger partial charge in [-0.3, -0.25) is 14.5 Å². The molecule has 0 unspecified atom stereocenters. The lowest BCUT2D eigenvalue weighted by molar-refractivity contribution is -0.137. The maximum absolute atomic E-state index is 13.1. The van der Waals surface area contributed by atoms with Crippen LogP contribution in [0.5, 0.6) is 0 Å². The maximum Gasteiger partial charge on any atom is 0.417 e. The first-order chi connectivity index (χ1) is 15.1. The molecule has 2 aromatic carbocycles. The number of rotatable bonds is 4. The Morgan fingerprint density at radius 2 is 1.72 bits per heavy atom. The van der Waals surface area contributed by atoms with Crippen LogP contribution in [0.4, 0.5) is 18.0 Å². The number of benzene rings is 2. The summed E-state index contributed by atoms with van der Waals surface area (Å²) in [7, 11) is 0. The van der Waals surface area contributed by atoms with Gasteiger partial charge in [-0.15, -0.1) is 0 Å². The molecule has 32 heavy (non-hydrogen) atoms. The number of furan rings is 1. The molecule has 1 aromatic heterocycles. The van der Waals surface area contributed by atoms with E-state index in [1.54, 1.807) is 24.3 Å². The number of halogens is 5. The topological polar surface area (TPSA) is 50.5 Å². The molecule has 0 saturated carbocycles. The van der Waals surface area contributed by atoms with Crippen molar-refractivity contribution >= 4 is 52.2 Å². The summed E-state index contributed by atoms with van der Waals surface area (Å²) >= 11 is 12.3. The van der Waals surface area contributed by atoms with Crippen LogP contribution in [0.15, 0.2) is 63.9 Å². The Morgan fingerprint density at radius 1 is 1.00 bits per heavy atom. The van der Waals surface area contributed by atoms with E-state index >= 15 is 0 Å². The van der Waals surface area contributed by atoms with E-state index in [0.29, 0.717) is 5.02 Å². The second-order valence-electron chi connectivity index (χ2n) is 6.79. The van der Waals surface area contributed by atoms with Gasteiger partial charge in [0, 0.05) is 16.7 Å². The predicted octanol–water partition coefficient (Wildman–Crippen LogP) is 7.51. The zero-order valence-electron chi connectivity index (χ0n) is 16.0. The van der Waals surface area contributed by atoms with Gasteiger partial charge in [0.2, 0.25) is 0 Å². The van der Waals surface area contributed by atoms with E-state index in [4.69, 9.17) is 27.6 Å². The lowest BCUT2D eigenvalue weighted by Gasteiger charge is -2.12. The van der Waals surface area contributed by atoms with Crippen molar-refractivity contribution in [2.75, 3.05) is 0 Å². The van der Waals surface area contributed by atoms with Gasteiger partial charge in [-0.25, -0.2) is 0 Å². The minimum absolute atomic E-state index is 0.0908. The minimum atomic E-state index is -4.61. The molecule has 0 atom stereocenters. The van der Waals surface area contributed by atoms with Crippen LogP contribution in [0.3, 0.4) is 0 Å². The summed E-state index contributed by atoms with van der Waals surface area (Å²) < 4.78 is 44.9. The van der Waals surface area contributed by atoms with Crippen molar-refractivity contribution in [1.29, 1.82) is 0 Å². The number of amides is 2. The largest absolute Gasteiger partial charge is 0.457 e. The summed E-state index contributed by atoms with van der Waals surface area (Å²) in [5, 5.41) is -0.308. The Kier molecular flexibility index (Phi) is 6.11. The highest BCUT2D eigenvalue weighted by molar-refractivity contribution is 8.18. The molecule has 4 nitrogen and oxygen atoms in total. The number of alkyl halides is 3. The van der Waals surface area contributed by atoms with Crippen LogP contribution < -0.4 is 0 Å². The van der Waals surface area contributed by atoms with Crippen molar-refractivity contribution in [3.63, 3.8) is 0 Å². The van der Waals surface area contributed by atoms with Crippen molar-refractivity contribution in [2.45, 2.75) is 12.7 Å². The summed E-state index contributed by atoms with van der Waals surface area (Å²) in [6, 6.07) is 13.2. The standard InChI is InChI=1S/C22H12Cl2F3NO3S/c23-14-4-1-12(2-5-14)11-28-20(29)19(32-21(28)30)10-15-6-8-18(31-15)13-3-7-17(24)16(9-13)22(25,26)27/h1-10H,11H2. The fourth-order valence-corrected chi connectivity index (χ4v) is 4.19. The number of hydrogen-bond acceptors (Lipinski definition) is 4.